The first-order chi connectivity index (χ1) is 10.3. The smallest absolute Gasteiger partial charge is 0.144 e. The number of aromatic nitrogens is 1. The van der Waals surface area contributed by atoms with E-state index in [0.717, 1.165) is 22.0 Å². The predicted molar refractivity (Wildman–Crippen MR) is 76.9 cm³/mol. The van der Waals surface area contributed by atoms with Crippen LogP contribution in [0.2, 0.25) is 0 Å². The van der Waals surface area contributed by atoms with Gasteiger partial charge < -0.3 is 4.42 Å². The second kappa shape index (κ2) is 4.17. The number of nitrogens with zero attached hydrogens (tertiary/aromatic N) is 1. The number of para-hydroxylation sites is 1. The van der Waals surface area contributed by atoms with Crippen molar-refractivity contribution in [1.82, 2.24) is 4.98 Å². The second-order valence-electron chi connectivity index (χ2n) is 4.55. The molecule has 4 aromatic rings. The fourth-order valence-electron chi connectivity index (χ4n) is 2.43. The van der Waals surface area contributed by atoms with Crippen LogP contribution in [0, 0.1) is 5.82 Å². The van der Waals surface area contributed by atoms with Gasteiger partial charge in [-0.25, -0.2) is 4.39 Å². The van der Waals surface area contributed by atoms with Gasteiger partial charge in [-0.05, 0) is 30.3 Å². The molecule has 2 aromatic heterocycles. The molecule has 0 bridgehead atoms. The average Bonchev–Trinajstić information content (AvgIpc) is 2.91. The lowest BCUT2D eigenvalue weighted by atomic mass is 10.1. The summed E-state index contributed by atoms with van der Waals surface area (Å²) in [6.45, 7) is 0. The molecule has 2 heterocycles. The van der Waals surface area contributed by atoms with Gasteiger partial charge in [0.25, 0.3) is 0 Å². The van der Waals surface area contributed by atoms with Crippen LogP contribution in [0.3, 0.4) is 0 Å². The van der Waals surface area contributed by atoms with Crippen molar-refractivity contribution in [2.75, 3.05) is 0 Å². The van der Waals surface area contributed by atoms with Crippen molar-refractivity contribution in [3.63, 3.8) is 0 Å². The van der Waals surface area contributed by atoms with E-state index in [0.29, 0.717) is 5.58 Å². The molecule has 20 heavy (non-hydrogen) atoms. The van der Waals surface area contributed by atoms with Crippen LogP contribution < -0.4 is 0 Å². The first kappa shape index (κ1) is 10.1. The lowest BCUT2D eigenvalue weighted by molar-refractivity contribution is 0.618. The molecule has 3 heteroatoms. The molecule has 0 fully saturated rings. The highest BCUT2D eigenvalue weighted by molar-refractivity contribution is 6.09. The van der Waals surface area contributed by atoms with Crippen LogP contribution in [0.4, 0.5) is 4.39 Å². The molecule has 0 saturated heterocycles. The van der Waals surface area contributed by atoms with Gasteiger partial charge in [-0.2, -0.15) is 0 Å². The zero-order chi connectivity index (χ0) is 14.4. The number of benzene rings is 2. The summed E-state index contributed by atoms with van der Waals surface area (Å²) in [5.74, 6) is -0.582. The molecule has 0 aliphatic heterocycles. The van der Waals surface area contributed by atoms with Gasteiger partial charge in [0.2, 0.25) is 0 Å². The summed E-state index contributed by atoms with van der Waals surface area (Å²) in [7, 11) is 0. The molecule has 0 aliphatic rings. The van der Waals surface area contributed by atoms with Crippen molar-refractivity contribution < 1.29 is 10.2 Å². The van der Waals surface area contributed by atoms with E-state index in [4.69, 9.17) is 5.79 Å². The topological polar surface area (TPSA) is 26.0 Å². The Balaban J connectivity index is 2.13. The van der Waals surface area contributed by atoms with Crippen LogP contribution in [0.5, 0.6) is 0 Å². The number of rotatable bonds is 1. The van der Waals surface area contributed by atoms with Crippen molar-refractivity contribution in [2.45, 2.75) is 0 Å². The van der Waals surface area contributed by atoms with Crippen molar-refractivity contribution in [3.8, 4) is 11.3 Å². The summed E-state index contributed by atoms with van der Waals surface area (Å²) < 4.78 is 27.1. The van der Waals surface area contributed by atoms with Crippen LogP contribution in [0.25, 0.3) is 33.2 Å². The molecule has 0 N–H and O–H groups in total. The summed E-state index contributed by atoms with van der Waals surface area (Å²) in [4.78, 5) is 4.33. The number of halogens is 1. The van der Waals surface area contributed by atoms with Crippen molar-refractivity contribution in [2.24, 2.45) is 0 Å². The van der Waals surface area contributed by atoms with E-state index in [1.54, 1.807) is 12.3 Å². The molecular formula is C17H10FNO. The fourth-order valence-corrected chi connectivity index (χ4v) is 2.43. The fraction of sp³-hybridized carbons (Fsp3) is 0. The minimum absolute atomic E-state index is 0.212. The highest BCUT2D eigenvalue weighted by Gasteiger charge is 2.12. The largest absolute Gasteiger partial charge is 0.455 e. The lowest BCUT2D eigenvalue weighted by Gasteiger charge is -2.00. The van der Waals surface area contributed by atoms with E-state index in [1.807, 2.05) is 36.4 Å². The summed E-state index contributed by atoms with van der Waals surface area (Å²) in [6.07, 6.45) is 1.71. The molecule has 0 unspecified atom stereocenters. The third-order valence-corrected chi connectivity index (χ3v) is 3.32. The Morgan fingerprint density at radius 2 is 1.95 bits per heavy atom. The maximum Gasteiger partial charge on any atom is 0.144 e. The molecule has 2 aromatic carbocycles. The Kier molecular flexibility index (Phi) is 2.11. The first-order valence-corrected chi connectivity index (χ1v) is 6.27. The van der Waals surface area contributed by atoms with Gasteiger partial charge in [0.05, 0.1) is 7.06 Å². The van der Waals surface area contributed by atoms with Crippen LogP contribution in [-0.2, 0) is 0 Å². The monoisotopic (exact) mass is 264 g/mol. The van der Waals surface area contributed by atoms with Crippen LogP contribution >= 0.6 is 0 Å². The van der Waals surface area contributed by atoms with Crippen LogP contribution in [0.1, 0.15) is 1.37 Å². The number of hydrogen-bond acceptors (Lipinski definition) is 2. The normalized spacial score (nSPS) is 11.9. The van der Waals surface area contributed by atoms with E-state index in [1.165, 1.54) is 6.07 Å². The summed E-state index contributed by atoms with van der Waals surface area (Å²) in [5.41, 5.74) is 2.52. The lowest BCUT2D eigenvalue weighted by Crippen LogP contribution is -1.81. The van der Waals surface area contributed by atoms with E-state index in [2.05, 4.69) is 4.98 Å². The Hall–Kier alpha value is -2.68. The van der Waals surface area contributed by atoms with Gasteiger partial charge in [0.1, 0.15) is 17.0 Å². The molecule has 0 atom stereocenters. The van der Waals surface area contributed by atoms with Gasteiger partial charge in [-0.1, -0.05) is 18.2 Å². The van der Waals surface area contributed by atoms with Crippen molar-refractivity contribution in [3.05, 3.63) is 66.6 Å². The standard InChI is InChI=1S/C17H10FNO/c18-11-7-8-12-13-4-3-5-14(15-6-1-2-9-19-15)17(13)20-16(12)10-11/h1-10H/i10D. The molecule has 2 nitrogen and oxygen atoms in total. The highest BCUT2D eigenvalue weighted by atomic mass is 19.1. The van der Waals surface area contributed by atoms with Gasteiger partial charge >= 0.3 is 0 Å². The number of hydrogen-bond donors (Lipinski definition) is 0. The maximum atomic E-state index is 13.5. The molecule has 0 amide bonds. The summed E-state index contributed by atoms with van der Waals surface area (Å²) >= 11 is 0. The van der Waals surface area contributed by atoms with E-state index in [-0.39, 0.29) is 11.6 Å². The number of pyridine rings is 1. The molecule has 0 radical (unpaired) electrons. The minimum atomic E-state index is -0.582. The van der Waals surface area contributed by atoms with Gasteiger partial charge in [0, 0.05) is 28.6 Å². The Morgan fingerprint density at radius 3 is 2.80 bits per heavy atom. The third kappa shape index (κ3) is 1.60. The van der Waals surface area contributed by atoms with Crippen LogP contribution in [0.15, 0.2) is 65.2 Å². The average molecular weight is 264 g/mol. The molecule has 4 rings (SSSR count). The van der Waals surface area contributed by atoms with E-state index >= 15 is 0 Å². The van der Waals surface area contributed by atoms with Gasteiger partial charge in [0.15, 0.2) is 0 Å². The second-order valence-corrected chi connectivity index (χ2v) is 4.55. The summed E-state index contributed by atoms with van der Waals surface area (Å²) in [6, 6.07) is 14.1. The molecule has 0 spiro atoms. The molecule has 0 aliphatic carbocycles. The van der Waals surface area contributed by atoms with Crippen LogP contribution in [-0.4, -0.2) is 4.98 Å². The predicted octanol–water partition coefficient (Wildman–Crippen LogP) is 4.79. The summed E-state index contributed by atoms with van der Waals surface area (Å²) in [5, 5.41) is 1.61. The zero-order valence-electron chi connectivity index (χ0n) is 11.4. The molecular weight excluding hydrogens is 253 g/mol. The van der Waals surface area contributed by atoms with Crippen molar-refractivity contribution >= 4 is 21.9 Å². The highest BCUT2D eigenvalue weighted by Crippen LogP contribution is 2.35. The Bertz CT molecular complexity index is 963. The van der Waals surface area contributed by atoms with E-state index < -0.39 is 5.82 Å². The van der Waals surface area contributed by atoms with Gasteiger partial charge in [-0.3, -0.25) is 4.98 Å². The Labute approximate surface area is 115 Å². The minimum Gasteiger partial charge on any atom is -0.455 e. The zero-order valence-corrected chi connectivity index (χ0v) is 10.4. The third-order valence-electron chi connectivity index (χ3n) is 3.32. The number of fused-ring (bicyclic) bond motifs is 3. The quantitative estimate of drug-likeness (QED) is 0.494. The van der Waals surface area contributed by atoms with E-state index in [9.17, 15) is 4.39 Å². The Morgan fingerprint density at radius 1 is 1.00 bits per heavy atom. The molecule has 0 saturated carbocycles. The SMILES string of the molecule is [2H]c1c(F)ccc2c1oc1c(-c3ccccn3)cccc12. The van der Waals surface area contributed by atoms with Gasteiger partial charge in [-0.15, -0.1) is 0 Å². The molecule has 96 valence electrons. The first-order valence-electron chi connectivity index (χ1n) is 6.77. The van der Waals surface area contributed by atoms with Crippen molar-refractivity contribution in [1.29, 1.82) is 0 Å². The maximum absolute atomic E-state index is 13.5. The number of furan rings is 1.